The summed E-state index contributed by atoms with van der Waals surface area (Å²) in [5.41, 5.74) is 2.67. The first-order valence-electron chi connectivity index (χ1n) is 8.30. The van der Waals surface area contributed by atoms with Crippen LogP contribution in [0.25, 0.3) is 0 Å². The van der Waals surface area contributed by atoms with Gasteiger partial charge in [-0.15, -0.1) is 0 Å². The number of carbonyl (C=O) groups excluding carboxylic acids is 1. The Hall–Kier alpha value is -1.35. The van der Waals surface area contributed by atoms with Crippen LogP contribution in [-0.4, -0.2) is 37.5 Å². The van der Waals surface area contributed by atoms with E-state index in [-0.39, 0.29) is 5.92 Å². The summed E-state index contributed by atoms with van der Waals surface area (Å²) in [6, 6.07) is 8.51. The zero-order valence-electron chi connectivity index (χ0n) is 13.0. The van der Waals surface area contributed by atoms with Crippen LogP contribution < -0.4 is 5.32 Å². The molecule has 1 heterocycles. The van der Waals surface area contributed by atoms with Gasteiger partial charge in [-0.1, -0.05) is 24.3 Å². The molecular weight excluding hydrogens is 260 g/mol. The average molecular weight is 286 g/mol. The monoisotopic (exact) mass is 286 g/mol. The number of benzene rings is 1. The van der Waals surface area contributed by atoms with Crippen LogP contribution >= 0.6 is 0 Å². The average Bonchev–Trinajstić information content (AvgIpc) is 2.55. The predicted molar refractivity (Wildman–Crippen MR) is 85.4 cm³/mol. The van der Waals surface area contributed by atoms with Gasteiger partial charge in [-0.2, -0.15) is 0 Å². The fourth-order valence-corrected chi connectivity index (χ4v) is 3.88. The summed E-state index contributed by atoms with van der Waals surface area (Å²) < 4.78 is 0. The van der Waals surface area contributed by atoms with E-state index in [9.17, 15) is 4.79 Å². The highest BCUT2D eigenvalue weighted by Crippen LogP contribution is 2.33. The molecule has 2 aliphatic rings. The van der Waals surface area contributed by atoms with Crippen LogP contribution in [0.4, 0.5) is 0 Å². The molecule has 0 aromatic heterocycles. The highest BCUT2D eigenvalue weighted by atomic mass is 16.2. The van der Waals surface area contributed by atoms with Gasteiger partial charge in [0, 0.05) is 13.1 Å². The number of rotatable bonds is 3. The highest BCUT2D eigenvalue weighted by molar-refractivity contribution is 5.84. The Morgan fingerprint density at radius 1 is 1.24 bits per heavy atom. The van der Waals surface area contributed by atoms with Gasteiger partial charge in [0.2, 0.25) is 5.91 Å². The van der Waals surface area contributed by atoms with Gasteiger partial charge in [0.05, 0.1) is 5.92 Å². The van der Waals surface area contributed by atoms with Crippen molar-refractivity contribution in [3.8, 4) is 0 Å². The lowest BCUT2D eigenvalue weighted by molar-refractivity contribution is -0.134. The number of carbonyl (C=O) groups is 1. The molecule has 1 unspecified atom stereocenters. The van der Waals surface area contributed by atoms with Gasteiger partial charge in [0.1, 0.15) is 0 Å². The Morgan fingerprint density at radius 3 is 2.76 bits per heavy atom. The van der Waals surface area contributed by atoms with Crippen molar-refractivity contribution >= 4 is 5.91 Å². The van der Waals surface area contributed by atoms with Crippen molar-refractivity contribution in [2.24, 2.45) is 5.92 Å². The van der Waals surface area contributed by atoms with Gasteiger partial charge in [-0.05, 0) is 62.7 Å². The lowest BCUT2D eigenvalue weighted by Gasteiger charge is -2.35. The second-order valence-corrected chi connectivity index (χ2v) is 6.47. The van der Waals surface area contributed by atoms with Crippen LogP contribution in [-0.2, 0) is 11.2 Å². The summed E-state index contributed by atoms with van der Waals surface area (Å²) in [4.78, 5) is 15.0. The van der Waals surface area contributed by atoms with E-state index in [0.717, 1.165) is 57.7 Å². The molecular formula is C18H26N2O. The molecule has 1 N–H and O–H groups in total. The molecule has 0 bridgehead atoms. The maximum absolute atomic E-state index is 12.9. The lowest BCUT2D eigenvalue weighted by atomic mass is 9.81. The minimum atomic E-state index is 0.107. The van der Waals surface area contributed by atoms with Crippen molar-refractivity contribution in [2.75, 3.05) is 26.7 Å². The van der Waals surface area contributed by atoms with E-state index in [4.69, 9.17) is 0 Å². The van der Waals surface area contributed by atoms with Gasteiger partial charge in [-0.25, -0.2) is 0 Å². The number of hydrogen-bond donors (Lipinski definition) is 1. The minimum Gasteiger partial charge on any atom is -0.342 e. The van der Waals surface area contributed by atoms with Crippen LogP contribution in [0.15, 0.2) is 24.3 Å². The SMILES string of the molecule is CNCC1CCN(C(=O)C2CCCc3ccccc32)CC1. The molecule has 0 radical (unpaired) electrons. The van der Waals surface area contributed by atoms with E-state index in [1.165, 1.54) is 11.1 Å². The van der Waals surface area contributed by atoms with Gasteiger partial charge >= 0.3 is 0 Å². The first-order chi connectivity index (χ1) is 10.3. The standard InChI is InChI=1S/C18H26N2O/c1-19-13-14-9-11-20(12-10-14)18(21)17-8-4-6-15-5-2-3-7-16(15)17/h2-3,5,7,14,17,19H,4,6,8-13H2,1H3. The van der Waals surface area contributed by atoms with Crippen LogP contribution in [0, 0.1) is 5.92 Å². The Balaban J connectivity index is 1.67. The van der Waals surface area contributed by atoms with E-state index < -0.39 is 0 Å². The van der Waals surface area contributed by atoms with E-state index in [1.54, 1.807) is 0 Å². The topological polar surface area (TPSA) is 32.3 Å². The molecule has 1 saturated heterocycles. The van der Waals surface area contributed by atoms with E-state index in [1.807, 2.05) is 7.05 Å². The van der Waals surface area contributed by atoms with E-state index >= 15 is 0 Å². The summed E-state index contributed by atoms with van der Waals surface area (Å²) in [5, 5.41) is 3.25. The minimum absolute atomic E-state index is 0.107. The first-order valence-corrected chi connectivity index (χ1v) is 8.30. The normalized spacial score (nSPS) is 22.9. The third-order valence-corrected chi connectivity index (χ3v) is 5.09. The Labute approximate surface area is 127 Å². The number of nitrogens with one attached hydrogen (secondary N) is 1. The molecule has 0 saturated carbocycles. The Morgan fingerprint density at radius 2 is 2.00 bits per heavy atom. The molecule has 3 heteroatoms. The number of aryl methyl sites for hydroxylation is 1. The van der Waals surface area contributed by atoms with E-state index in [2.05, 4.69) is 34.5 Å². The van der Waals surface area contributed by atoms with Crippen molar-refractivity contribution in [2.45, 2.75) is 38.0 Å². The van der Waals surface area contributed by atoms with E-state index in [0.29, 0.717) is 5.91 Å². The Bertz CT molecular complexity index is 492. The molecule has 1 atom stereocenters. The Kier molecular flexibility index (Phi) is 4.59. The van der Waals surface area contributed by atoms with Crippen LogP contribution in [0.2, 0.25) is 0 Å². The molecule has 1 aliphatic heterocycles. The zero-order valence-corrected chi connectivity index (χ0v) is 13.0. The summed E-state index contributed by atoms with van der Waals surface area (Å²) in [6.07, 6.45) is 5.57. The molecule has 1 fully saturated rings. The third-order valence-electron chi connectivity index (χ3n) is 5.09. The molecule has 1 aromatic rings. The maximum Gasteiger partial charge on any atom is 0.230 e. The molecule has 114 valence electrons. The molecule has 1 amide bonds. The molecule has 21 heavy (non-hydrogen) atoms. The van der Waals surface area contributed by atoms with Gasteiger partial charge in [0.25, 0.3) is 0 Å². The van der Waals surface area contributed by atoms with Crippen molar-refractivity contribution in [3.05, 3.63) is 35.4 Å². The predicted octanol–water partition coefficient (Wildman–Crippen LogP) is 2.56. The van der Waals surface area contributed by atoms with Crippen molar-refractivity contribution in [1.82, 2.24) is 10.2 Å². The second-order valence-electron chi connectivity index (χ2n) is 6.47. The van der Waals surface area contributed by atoms with Crippen LogP contribution in [0.3, 0.4) is 0 Å². The maximum atomic E-state index is 12.9. The zero-order chi connectivity index (χ0) is 14.7. The largest absolute Gasteiger partial charge is 0.342 e. The fraction of sp³-hybridized carbons (Fsp3) is 0.611. The van der Waals surface area contributed by atoms with Crippen molar-refractivity contribution < 1.29 is 4.79 Å². The first kappa shape index (κ1) is 14.6. The van der Waals surface area contributed by atoms with Gasteiger partial charge < -0.3 is 10.2 Å². The summed E-state index contributed by atoms with van der Waals surface area (Å²) in [7, 11) is 2.01. The molecule has 1 aromatic carbocycles. The van der Waals surface area contributed by atoms with Crippen LogP contribution in [0.5, 0.6) is 0 Å². The summed E-state index contributed by atoms with van der Waals surface area (Å²) in [5.74, 6) is 1.21. The number of amides is 1. The second kappa shape index (κ2) is 6.61. The van der Waals surface area contributed by atoms with Crippen LogP contribution in [0.1, 0.15) is 42.7 Å². The molecule has 1 aliphatic carbocycles. The number of piperidine rings is 1. The summed E-state index contributed by atoms with van der Waals surface area (Å²) >= 11 is 0. The third kappa shape index (κ3) is 3.13. The molecule has 0 spiro atoms. The highest BCUT2D eigenvalue weighted by Gasteiger charge is 2.31. The number of likely N-dealkylation sites (tertiary alicyclic amines) is 1. The number of nitrogens with zero attached hydrogens (tertiary/aromatic N) is 1. The quantitative estimate of drug-likeness (QED) is 0.926. The summed E-state index contributed by atoms with van der Waals surface area (Å²) in [6.45, 7) is 2.95. The molecule has 3 nitrogen and oxygen atoms in total. The molecule has 3 rings (SSSR count). The van der Waals surface area contributed by atoms with Gasteiger partial charge in [0.15, 0.2) is 0 Å². The van der Waals surface area contributed by atoms with Gasteiger partial charge in [-0.3, -0.25) is 4.79 Å². The van der Waals surface area contributed by atoms with Crippen molar-refractivity contribution in [3.63, 3.8) is 0 Å². The number of hydrogen-bond acceptors (Lipinski definition) is 2. The van der Waals surface area contributed by atoms with Crippen molar-refractivity contribution in [1.29, 1.82) is 0 Å². The number of fused-ring (bicyclic) bond motifs is 1. The fourth-order valence-electron chi connectivity index (χ4n) is 3.88. The smallest absolute Gasteiger partial charge is 0.230 e. The lowest BCUT2D eigenvalue weighted by Crippen LogP contribution is -2.43.